The van der Waals surface area contributed by atoms with Crippen LogP contribution in [0, 0.1) is 0 Å². The van der Waals surface area contributed by atoms with Crippen LogP contribution in [0.15, 0.2) is 30.3 Å². The van der Waals surface area contributed by atoms with Gasteiger partial charge in [-0.05, 0) is 19.1 Å². The number of hydrogen-bond donors (Lipinski definition) is 1. The van der Waals surface area contributed by atoms with Gasteiger partial charge < -0.3 is 9.26 Å². The Morgan fingerprint density at radius 2 is 1.79 bits per heavy atom. The van der Waals surface area contributed by atoms with Crippen LogP contribution in [0.5, 0.6) is 5.75 Å². The highest BCUT2D eigenvalue weighted by Crippen LogP contribution is 2.48. The predicted octanol–water partition coefficient (Wildman–Crippen LogP) is 2.82. The van der Waals surface area contributed by atoms with E-state index in [1.54, 1.807) is 45.0 Å². The van der Waals surface area contributed by atoms with Crippen LogP contribution in [0.25, 0.3) is 0 Å². The highest BCUT2D eigenvalue weighted by atomic mass is 31.2. The molecular formula is C13H20NO4P. The van der Waals surface area contributed by atoms with Gasteiger partial charge in [0, 0.05) is 0 Å². The van der Waals surface area contributed by atoms with Crippen molar-refractivity contribution in [3.8, 4) is 5.75 Å². The lowest BCUT2D eigenvalue weighted by atomic mass is 10.3. The number of methoxy groups -OCH3 is 1. The van der Waals surface area contributed by atoms with E-state index in [4.69, 9.17) is 4.52 Å². The lowest BCUT2D eigenvalue weighted by molar-refractivity contribution is -0.142. The second kappa shape index (κ2) is 6.73. The summed E-state index contributed by atoms with van der Waals surface area (Å²) in [4.78, 5) is 11.4. The third-order valence-corrected chi connectivity index (χ3v) is 5.18. The fourth-order valence-corrected chi connectivity index (χ4v) is 3.06. The van der Waals surface area contributed by atoms with Crippen LogP contribution in [0.4, 0.5) is 0 Å². The lowest BCUT2D eigenvalue weighted by Gasteiger charge is -2.26. The molecule has 0 bridgehead atoms. The van der Waals surface area contributed by atoms with Crippen molar-refractivity contribution in [3.05, 3.63) is 30.3 Å². The van der Waals surface area contributed by atoms with E-state index >= 15 is 0 Å². The molecule has 0 aliphatic heterocycles. The second-order valence-electron chi connectivity index (χ2n) is 4.47. The van der Waals surface area contributed by atoms with Crippen molar-refractivity contribution >= 4 is 13.5 Å². The Balaban J connectivity index is 2.86. The molecule has 1 N–H and O–H groups in total. The van der Waals surface area contributed by atoms with E-state index in [0.717, 1.165) is 0 Å². The Labute approximate surface area is 113 Å². The molecule has 0 spiro atoms. The van der Waals surface area contributed by atoms with E-state index in [9.17, 15) is 9.36 Å². The summed E-state index contributed by atoms with van der Waals surface area (Å²) in [5.41, 5.74) is -0.264. The van der Waals surface area contributed by atoms with E-state index in [1.165, 1.54) is 7.11 Å². The molecule has 2 atom stereocenters. The summed E-state index contributed by atoms with van der Waals surface area (Å²) in [5.74, 6) is 0.0293. The number of hydrogen-bond acceptors (Lipinski definition) is 4. The Kier molecular flexibility index (Phi) is 5.58. The van der Waals surface area contributed by atoms with E-state index in [2.05, 4.69) is 9.82 Å². The molecule has 2 unspecified atom stereocenters. The zero-order chi connectivity index (χ0) is 14.5. The molecule has 0 radical (unpaired) electrons. The molecule has 0 saturated heterocycles. The van der Waals surface area contributed by atoms with E-state index in [0.29, 0.717) is 5.75 Å². The molecule has 1 rings (SSSR count). The monoisotopic (exact) mass is 285 g/mol. The van der Waals surface area contributed by atoms with Gasteiger partial charge in [-0.2, -0.15) is 0 Å². The molecular weight excluding hydrogens is 265 g/mol. The third-order valence-electron chi connectivity index (χ3n) is 2.59. The van der Waals surface area contributed by atoms with Gasteiger partial charge in [-0.3, -0.25) is 9.36 Å². The predicted molar refractivity (Wildman–Crippen MR) is 74.4 cm³/mol. The molecule has 0 heterocycles. The molecule has 106 valence electrons. The fraction of sp³-hybridized carbons (Fsp3) is 0.462. The van der Waals surface area contributed by atoms with Gasteiger partial charge in [0.25, 0.3) is 0 Å². The van der Waals surface area contributed by atoms with Crippen LogP contribution < -0.4 is 9.61 Å². The Morgan fingerprint density at radius 3 is 2.26 bits per heavy atom. The SMILES string of the molecule is COC(=O)C(C)NP(=O)(Oc1ccccc1)C(C)C. The van der Waals surface area contributed by atoms with Crippen LogP contribution in [0.3, 0.4) is 0 Å². The molecule has 1 aromatic rings. The Hall–Kier alpha value is -1.32. The average molecular weight is 285 g/mol. The number of ether oxygens (including phenoxy) is 1. The molecule has 6 heteroatoms. The lowest BCUT2D eigenvalue weighted by Crippen LogP contribution is -2.35. The maximum atomic E-state index is 12.8. The van der Waals surface area contributed by atoms with E-state index in [-0.39, 0.29) is 5.66 Å². The zero-order valence-corrected chi connectivity index (χ0v) is 12.5. The minimum absolute atomic E-state index is 0.264. The topological polar surface area (TPSA) is 64.6 Å². The summed E-state index contributed by atoms with van der Waals surface area (Å²) in [5, 5.41) is 2.75. The first kappa shape index (κ1) is 15.7. The van der Waals surface area contributed by atoms with Crippen molar-refractivity contribution in [2.45, 2.75) is 32.5 Å². The normalized spacial score (nSPS) is 15.6. The molecule has 5 nitrogen and oxygen atoms in total. The van der Waals surface area contributed by atoms with Gasteiger partial charge >= 0.3 is 13.5 Å². The van der Waals surface area contributed by atoms with Gasteiger partial charge in [0.2, 0.25) is 0 Å². The summed E-state index contributed by atoms with van der Waals surface area (Å²) in [6.07, 6.45) is 0. The standard InChI is InChI=1S/C13H20NO4P/c1-10(2)19(16,14-11(3)13(15)17-4)18-12-8-6-5-7-9-12/h5-11H,1-4H3,(H,14,16). The van der Waals surface area contributed by atoms with Gasteiger partial charge in [-0.25, -0.2) is 5.09 Å². The van der Waals surface area contributed by atoms with Crippen LogP contribution >= 0.6 is 7.52 Å². The van der Waals surface area contributed by atoms with Gasteiger partial charge in [-0.1, -0.05) is 32.0 Å². The summed E-state index contributed by atoms with van der Waals surface area (Å²) in [7, 11) is -1.90. The molecule has 0 amide bonds. The molecule has 0 saturated carbocycles. The summed E-state index contributed by atoms with van der Waals surface area (Å²) in [6.45, 7) is 5.15. The molecule has 1 aromatic carbocycles. The van der Waals surface area contributed by atoms with Crippen molar-refractivity contribution < 1.29 is 18.6 Å². The van der Waals surface area contributed by atoms with Crippen molar-refractivity contribution in [1.82, 2.24) is 5.09 Å². The van der Waals surface area contributed by atoms with Gasteiger partial charge in [0.1, 0.15) is 11.8 Å². The molecule has 0 aliphatic carbocycles. The number of carbonyl (C=O) groups excluding carboxylic acids is 1. The minimum atomic E-state index is -3.19. The largest absolute Gasteiger partial charge is 0.468 e. The molecule has 0 fully saturated rings. The number of rotatable bonds is 6. The first-order valence-electron chi connectivity index (χ1n) is 6.09. The first-order chi connectivity index (χ1) is 8.89. The quantitative estimate of drug-likeness (QED) is 0.643. The summed E-state index contributed by atoms with van der Waals surface area (Å²) < 4.78 is 22.9. The van der Waals surface area contributed by atoms with Gasteiger partial charge in [0.05, 0.1) is 12.8 Å². The number of esters is 1. The van der Waals surface area contributed by atoms with Crippen LogP contribution in [-0.2, 0) is 14.1 Å². The van der Waals surface area contributed by atoms with Crippen LogP contribution in [0.2, 0.25) is 0 Å². The average Bonchev–Trinajstić information content (AvgIpc) is 2.38. The molecule has 0 aromatic heterocycles. The zero-order valence-electron chi connectivity index (χ0n) is 11.6. The first-order valence-corrected chi connectivity index (χ1v) is 7.78. The van der Waals surface area contributed by atoms with E-state index in [1.807, 2.05) is 6.07 Å². The van der Waals surface area contributed by atoms with E-state index < -0.39 is 19.5 Å². The second-order valence-corrected chi connectivity index (χ2v) is 7.14. The summed E-state index contributed by atoms with van der Waals surface area (Å²) in [6, 6.07) is 8.19. The highest BCUT2D eigenvalue weighted by molar-refractivity contribution is 7.58. The van der Waals surface area contributed by atoms with Crippen molar-refractivity contribution in [2.24, 2.45) is 0 Å². The van der Waals surface area contributed by atoms with Crippen molar-refractivity contribution in [1.29, 1.82) is 0 Å². The fourth-order valence-electron chi connectivity index (χ4n) is 1.42. The number of benzene rings is 1. The van der Waals surface area contributed by atoms with Crippen LogP contribution in [0.1, 0.15) is 20.8 Å². The highest BCUT2D eigenvalue weighted by Gasteiger charge is 2.33. The number of carbonyl (C=O) groups is 1. The Morgan fingerprint density at radius 1 is 1.21 bits per heavy atom. The summed E-state index contributed by atoms with van der Waals surface area (Å²) >= 11 is 0. The number of para-hydroxylation sites is 1. The number of nitrogens with one attached hydrogen (secondary N) is 1. The van der Waals surface area contributed by atoms with Crippen LogP contribution in [-0.4, -0.2) is 24.8 Å². The van der Waals surface area contributed by atoms with Gasteiger partial charge in [-0.15, -0.1) is 0 Å². The van der Waals surface area contributed by atoms with Crippen molar-refractivity contribution in [3.63, 3.8) is 0 Å². The maximum absolute atomic E-state index is 12.8. The minimum Gasteiger partial charge on any atom is -0.468 e. The Bertz CT molecular complexity index is 461. The smallest absolute Gasteiger partial charge is 0.323 e. The third kappa shape index (κ3) is 4.37. The van der Waals surface area contributed by atoms with Gasteiger partial charge in [0.15, 0.2) is 0 Å². The maximum Gasteiger partial charge on any atom is 0.323 e. The molecule has 0 aliphatic rings. The van der Waals surface area contributed by atoms with Crippen molar-refractivity contribution in [2.75, 3.05) is 7.11 Å². The molecule has 19 heavy (non-hydrogen) atoms.